The summed E-state index contributed by atoms with van der Waals surface area (Å²) in [4.78, 5) is 12.0. The molecule has 7 heteroatoms. The summed E-state index contributed by atoms with van der Waals surface area (Å²) in [5.41, 5.74) is -0.117. The van der Waals surface area contributed by atoms with Crippen LogP contribution in [0.1, 0.15) is 11.1 Å². The number of amides is 2. The van der Waals surface area contributed by atoms with Crippen molar-refractivity contribution in [2.45, 2.75) is 12.6 Å². The van der Waals surface area contributed by atoms with Gasteiger partial charge in [-0.1, -0.05) is 30.3 Å². The highest BCUT2D eigenvalue weighted by molar-refractivity contribution is 6.00. The summed E-state index contributed by atoms with van der Waals surface area (Å²) in [5, 5.41) is 13.7. The average Bonchev–Trinajstić information content (AvgIpc) is 2.49. The Kier molecular flexibility index (Phi) is 5.23. The van der Waals surface area contributed by atoms with E-state index in [0.717, 1.165) is 6.07 Å². The molecule has 3 N–H and O–H groups in total. The maximum atomic E-state index is 12.9. The summed E-state index contributed by atoms with van der Waals surface area (Å²) in [6, 6.07) is 10.7. The first-order valence-electron chi connectivity index (χ1n) is 6.85. The van der Waals surface area contributed by atoms with Crippen LogP contribution in [0.5, 0.6) is 0 Å². The highest BCUT2D eigenvalue weighted by Crippen LogP contribution is 2.34. The van der Waals surface area contributed by atoms with Gasteiger partial charge < -0.3 is 15.7 Å². The van der Waals surface area contributed by atoms with Crippen molar-refractivity contribution in [3.63, 3.8) is 0 Å². The van der Waals surface area contributed by atoms with Crippen molar-refractivity contribution in [3.05, 3.63) is 59.7 Å². The molecule has 2 aromatic carbocycles. The molecule has 0 atom stereocenters. The molecule has 0 bridgehead atoms. The van der Waals surface area contributed by atoms with Crippen LogP contribution in [0, 0.1) is 0 Å². The molecule has 0 aliphatic heterocycles. The molecular formula is C16H15F3N2O2. The molecule has 122 valence electrons. The number of urea groups is 1. The third-order valence-electron chi connectivity index (χ3n) is 3.13. The van der Waals surface area contributed by atoms with Gasteiger partial charge in [-0.2, -0.15) is 13.2 Å². The molecule has 0 aliphatic carbocycles. The minimum atomic E-state index is -4.56. The minimum absolute atomic E-state index is 0.1000. The molecule has 0 aromatic heterocycles. The number of hydrogen-bond acceptors (Lipinski definition) is 2. The molecule has 0 heterocycles. The van der Waals surface area contributed by atoms with Crippen LogP contribution in [0.3, 0.4) is 0 Å². The molecule has 0 saturated carbocycles. The lowest BCUT2D eigenvalue weighted by Crippen LogP contribution is -2.22. The Bertz CT molecular complexity index is 687. The minimum Gasteiger partial charge on any atom is -0.396 e. The number of benzene rings is 2. The quantitative estimate of drug-likeness (QED) is 0.799. The van der Waals surface area contributed by atoms with Gasteiger partial charge in [-0.3, -0.25) is 0 Å². The van der Waals surface area contributed by atoms with E-state index in [1.807, 2.05) is 0 Å². The summed E-state index contributed by atoms with van der Waals surface area (Å²) in [7, 11) is 0. The van der Waals surface area contributed by atoms with Gasteiger partial charge >= 0.3 is 12.2 Å². The van der Waals surface area contributed by atoms with Crippen LogP contribution >= 0.6 is 0 Å². The van der Waals surface area contributed by atoms with E-state index in [1.165, 1.54) is 18.2 Å². The Balaban J connectivity index is 2.15. The maximum absolute atomic E-state index is 12.9. The Labute approximate surface area is 131 Å². The molecule has 0 spiro atoms. The number of halogens is 3. The fraction of sp³-hybridized carbons (Fsp3) is 0.188. The third-order valence-corrected chi connectivity index (χ3v) is 3.13. The first-order chi connectivity index (χ1) is 10.9. The molecule has 0 unspecified atom stereocenters. The van der Waals surface area contributed by atoms with E-state index >= 15 is 0 Å². The molecule has 0 aliphatic rings. The Morgan fingerprint density at radius 1 is 0.957 bits per heavy atom. The van der Waals surface area contributed by atoms with Crippen LogP contribution in [0.2, 0.25) is 0 Å². The topological polar surface area (TPSA) is 61.4 Å². The summed E-state index contributed by atoms with van der Waals surface area (Å²) in [6.45, 7) is -0.1000. The van der Waals surface area contributed by atoms with Crippen molar-refractivity contribution in [1.82, 2.24) is 0 Å². The van der Waals surface area contributed by atoms with Crippen molar-refractivity contribution in [2.75, 3.05) is 17.2 Å². The first kappa shape index (κ1) is 16.8. The van der Waals surface area contributed by atoms with Crippen molar-refractivity contribution in [3.8, 4) is 0 Å². The molecule has 4 nitrogen and oxygen atoms in total. The standard InChI is InChI=1S/C16H15F3N2O2/c17-16(18,19)12-6-2-4-8-14(12)21-15(23)20-13-7-3-1-5-11(13)9-10-22/h1-8,22H,9-10H2,(H2,20,21,23). The number of para-hydroxylation sites is 2. The van der Waals surface area contributed by atoms with Gasteiger partial charge in [0, 0.05) is 12.3 Å². The lowest BCUT2D eigenvalue weighted by Gasteiger charge is -2.15. The van der Waals surface area contributed by atoms with E-state index in [4.69, 9.17) is 5.11 Å². The number of nitrogens with one attached hydrogen (secondary N) is 2. The molecule has 2 amide bonds. The van der Waals surface area contributed by atoms with E-state index < -0.39 is 17.8 Å². The van der Waals surface area contributed by atoms with Crippen LogP contribution < -0.4 is 10.6 Å². The SMILES string of the molecule is O=C(Nc1ccccc1CCO)Nc1ccccc1C(F)(F)F. The van der Waals surface area contributed by atoms with Crippen LogP contribution in [0.25, 0.3) is 0 Å². The summed E-state index contributed by atoms with van der Waals surface area (Å²) >= 11 is 0. The molecule has 0 radical (unpaired) electrons. The summed E-state index contributed by atoms with van der Waals surface area (Å²) < 4.78 is 38.7. The largest absolute Gasteiger partial charge is 0.418 e. The molecule has 0 saturated heterocycles. The van der Waals surface area contributed by atoms with Gasteiger partial charge in [0.05, 0.1) is 11.3 Å². The Morgan fingerprint density at radius 3 is 2.17 bits per heavy atom. The van der Waals surface area contributed by atoms with Crippen LogP contribution in [0.4, 0.5) is 29.3 Å². The van der Waals surface area contributed by atoms with E-state index in [9.17, 15) is 18.0 Å². The Morgan fingerprint density at radius 2 is 1.52 bits per heavy atom. The molecule has 2 aromatic rings. The van der Waals surface area contributed by atoms with Crippen molar-refractivity contribution < 1.29 is 23.1 Å². The Hall–Kier alpha value is -2.54. The zero-order valence-electron chi connectivity index (χ0n) is 12.0. The van der Waals surface area contributed by atoms with Gasteiger partial charge in [0.2, 0.25) is 0 Å². The number of hydrogen-bond donors (Lipinski definition) is 3. The van der Waals surface area contributed by atoms with Gasteiger partial charge in [0.1, 0.15) is 0 Å². The average molecular weight is 324 g/mol. The summed E-state index contributed by atoms with van der Waals surface area (Å²) in [5.74, 6) is 0. The maximum Gasteiger partial charge on any atom is 0.418 e. The molecular weight excluding hydrogens is 309 g/mol. The number of carbonyl (C=O) groups is 1. The second-order valence-electron chi connectivity index (χ2n) is 4.75. The number of anilines is 2. The molecule has 0 fully saturated rings. The van der Waals surface area contributed by atoms with Crippen LogP contribution in [-0.2, 0) is 12.6 Å². The highest BCUT2D eigenvalue weighted by atomic mass is 19.4. The zero-order chi connectivity index (χ0) is 16.9. The molecule has 23 heavy (non-hydrogen) atoms. The first-order valence-corrected chi connectivity index (χ1v) is 6.85. The van der Waals surface area contributed by atoms with Crippen LogP contribution in [0.15, 0.2) is 48.5 Å². The van der Waals surface area contributed by atoms with Gasteiger partial charge in [-0.15, -0.1) is 0 Å². The fourth-order valence-corrected chi connectivity index (χ4v) is 2.10. The third kappa shape index (κ3) is 4.46. The van der Waals surface area contributed by atoms with Crippen molar-refractivity contribution in [1.29, 1.82) is 0 Å². The number of rotatable bonds is 4. The van der Waals surface area contributed by atoms with Gasteiger partial charge in [0.15, 0.2) is 0 Å². The van der Waals surface area contributed by atoms with Gasteiger partial charge in [-0.25, -0.2) is 4.79 Å². The second kappa shape index (κ2) is 7.15. The van der Waals surface area contributed by atoms with E-state index in [0.29, 0.717) is 17.7 Å². The zero-order valence-corrected chi connectivity index (χ0v) is 12.0. The molecule has 2 rings (SSSR count). The smallest absolute Gasteiger partial charge is 0.396 e. The second-order valence-corrected chi connectivity index (χ2v) is 4.75. The van der Waals surface area contributed by atoms with E-state index in [-0.39, 0.29) is 12.3 Å². The normalized spacial score (nSPS) is 11.1. The van der Waals surface area contributed by atoms with E-state index in [2.05, 4.69) is 10.6 Å². The fourth-order valence-electron chi connectivity index (χ4n) is 2.10. The number of aliphatic hydroxyl groups excluding tert-OH is 1. The van der Waals surface area contributed by atoms with Gasteiger partial charge in [-0.05, 0) is 30.2 Å². The monoisotopic (exact) mass is 324 g/mol. The predicted molar refractivity (Wildman–Crippen MR) is 81.3 cm³/mol. The van der Waals surface area contributed by atoms with Crippen molar-refractivity contribution >= 4 is 17.4 Å². The number of carbonyl (C=O) groups excluding carboxylic acids is 1. The van der Waals surface area contributed by atoms with Crippen molar-refractivity contribution in [2.24, 2.45) is 0 Å². The number of alkyl halides is 3. The van der Waals surface area contributed by atoms with Crippen LogP contribution in [-0.4, -0.2) is 17.7 Å². The lowest BCUT2D eigenvalue weighted by atomic mass is 10.1. The predicted octanol–water partition coefficient (Wildman–Crippen LogP) is 3.88. The van der Waals surface area contributed by atoms with E-state index in [1.54, 1.807) is 24.3 Å². The lowest BCUT2D eigenvalue weighted by molar-refractivity contribution is -0.136. The highest BCUT2D eigenvalue weighted by Gasteiger charge is 2.33. The van der Waals surface area contributed by atoms with Gasteiger partial charge in [0.25, 0.3) is 0 Å². The summed E-state index contributed by atoms with van der Waals surface area (Å²) in [6.07, 6.45) is -4.23. The number of aliphatic hydroxyl groups is 1.